The first-order valence-corrected chi connectivity index (χ1v) is 13.6. The van der Waals surface area contributed by atoms with Gasteiger partial charge in [-0.3, -0.25) is 4.79 Å². The number of carbonyl (C=O) groups excluding carboxylic acids is 1. The molecule has 1 aliphatic rings. The minimum absolute atomic E-state index is 0.0776. The number of ether oxygens (including phenoxy) is 1. The van der Waals surface area contributed by atoms with Crippen molar-refractivity contribution < 1.29 is 9.53 Å². The highest BCUT2D eigenvalue weighted by molar-refractivity contribution is 6.30. The molecule has 1 saturated heterocycles. The Hall–Kier alpha value is -2.57. The lowest BCUT2D eigenvalue weighted by atomic mass is 10.0. The molecular formula is C29H39ClN4O2. The number of rotatable bonds is 11. The fourth-order valence-electron chi connectivity index (χ4n) is 4.99. The van der Waals surface area contributed by atoms with Gasteiger partial charge in [-0.25, -0.2) is 4.98 Å². The number of aromatic nitrogens is 2. The number of benzene rings is 2. The summed E-state index contributed by atoms with van der Waals surface area (Å²) >= 11 is 6.00. The van der Waals surface area contributed by atoms with E-state index in [1.807, 2.05) is 31.2 Å². The van der Waals surface area contributed by atoms with E-state index < -0.39 is 0 Å². The van der Waals surface area contributed by atoms with Gasteiger partial charge in [0.2, 0.25) is 5.91 Å². The lowest BCUT2D eigenvalue weighted by molar-refractivity contribution is -0.124. The van der Waals surface area contributed by atoms with Crippen LogP contribution < -0.4 is 10.1 Å². The van der Waals surface area contributed by atoms with E-state index in [0.717, 1.165) is 54.1 Å². The van der Waals surface area contributed by atoms with Crippen molar-refractivity contribution in [2.45, 2.75) is 72.1 Å². The summed E-state index contributed by atoms with van der Waals surface area (Å²) in [5.41, 5.74) is 3.19. The van der Waals surface area contributed by atoms with E-state index in [4.69, 9.17) is 21.3 Å². The third-order valence-electron chi connectivity index (χ3n) is 7.34. The quantitative estimate of drug-likeness (QED) is 0.322. The minimum Gasteiger partial charge on any atom is -0.486 e. The van der Waals surface area contributed by atoms with Crippen molar-refractivity contribution in [3.05, 3.63) is 58.9 Å². The predicted molar refractivity (Wildman–Crippen MR) is 147 cm³/mol. The second-order valence-corrected chi connectivity index (χ2v) is 10.5. The van der Waals surface area contributed by atoms with Crippen LogP contribution in [0.3, 0.4) is 0 Å². The van der Waals surface area contributed by atoms with Crippen LogP contribution in [-0.4, -0.2) is 46.0 Å². The molecule has 1 fully saturated rings. The first-order valence-electron chi connectivity index (χ1n) is 13.3. The summed E-state index contributed by atoms with van der Waals surface area (Å²) in [6.45, 7) is 10.4. The van der Waals surface area contributed by atoms with Crippen molar-refractivity contribution in [3.63, 3.8) is 0 Å². The standard InChI is InChI=1S/C29H39ClN4O2/c1-21-8-6-10-26-28(21)32-27(20-36-25-13-11-24(30)12-14-25)34(26)19-15-22(2)29(35)31-16-7-18-33-17-5-4-9-23(33)3/h6,8,10-14,22-23H,4-5,7,9,15-20H2,1-3H3,(H,31,35). The van der Waals surface area contributed by atoms with Crippen LogP contribution in [0.15, 0.2) is 42.5 Å². The van der Waals surface area contributed by atoms with Gasteiger partial charge >= 0.3 is 0 Å². The molecule has 1 aromatic heterocycles. The van der Waals surface area contributed by atoms with E-state index in [2.05, 4.69) is 46.8 Å². The maximum absolute atomic E-state index is 12.8. The van der Waals surface area contributed by atoms with Crippen molar-refractivity contribution in [2.24, 2.45) is 5.92 Å². The molecule has 36 heavy (non-hydrogen) atoms. The number of halogens is 1. The number of hydrogen-bond donors (Lipinski definition) is 1. The Kier molecular flexibility index (Phi) is 9.27. The monoisotopic (exact) mass is 510 g/mol. The Bertz CT molecular complexity index is 1140. The summed E-state index contributed by atoms with van der Waals surface area (Å²) in [6, 6.07) is 14.2. The molecule has 7 heteroatoms. The Morgan fingerprint density at radius 1 is 1.19 bits per heavy atom. The van der Waals surface area contributed by atoms with Gasteiger partial charge in [0.15, 0.2) is 0 Å². The van der Waals surface area contributed by atoms with Crippen LogP contribution in [0.4, 0.5) is 0 Å². The van der Waals surface area contributed by atoms with Crippen LogP contribution >= 0.6 is 11.6 Å². The fourth-order valence-corrected chi connectivity index (χ4v) is 5.11. The molecule has 194 valence electrons. The molecule has 1 aliphatic heterocycles. The number of piperidine rings is 1. The SMILES string of the molecule is Cc1cccc2c1nc(COc1ccc(Cl)cc1)n2CCC(C)C(=O)NCCCN1CCCCC1C. The number of carbonyl (C=O) groups is 1. The van der Waals surface area contributed by atoms with Crippen molar-refractivity contribution in [3.8, 4) is 5.75 Å². The minimum atomic E-state index is -0.0776. The average Bonchev–Trinajstić information content (AvgIpc) is 3.24. The molecule has 2 aromatic carbocycles. The van der Waals surface area contributed by atoms with E-state index in [1.165, 1.54) is 25.8 Å². The predicted octanol–water partition coefficient (Wildman–Crippen LogP) is 5.98. The van der Waals surface area contributed by atoms with Crippen LogP contribution in [0.2, 0.25) is 5.02 Å². The number of fused-ring (bicyclic) bond motifs is 1. The topological polar surface area (TPSA) is 59.4 Å². The zero-order chi connectivity index (χ0) is 25.5. The van der Waals surface area contributed by atoms with Crippen molar-refractivity contribution in [1.82, 2.24) is 19.8 Å². The third kappa shape index (κ3) is 6.80. The first kappa shape index (κ1) is 26.5. The van der Waals surface area contributed by atoms with E-state index in [9.17, 15) is 4.79 Å². The van der Waals surface area contributed by atoms with Gasteiger partial charge < -0.3 is 19.5 Å². The zero-order valence-electron chi connectivity index (χ0n) is 21.8. The van der Waals surface area contributed by atoms with Gasteiger partial charge in [0.1, 0.15) is 18.2 Å². The number of para-hydroxylation sites is 1. The van der Waals surface area contributed by atoms with E-state index in [1.54, 1.807) is 0 Å². The molecule has 1 amide bonds. The van der Waals surface area contributed by atoms with Gasteiger partial charge in [-0.05, 0) is 82.0 Å². The highest BCUT2D eigenvalue weighted by Gasteiger charge is 2.19. The Morgan fingerprint density at radius 3 is 2.78 bits per heavy atom. The van der Waals surface area contributed by atoms with Gasteiger partial charge in [0.25, 0.3) is 0 Å². The third-order valence-corrected chi connectivity index (χ3v) is 7.59. The summed E-state index contributed by atoms with van der Waals surface area (Å²) in [6.07, 6.45) is 5.66. The fraction of sp³-hybridized carbons (Fsp3) is 0.517. The van der Waals surface area contributed by atoms with Gasteiger partial charge in [-0.2, -0.15) is 0 Å². The van der Waals surface area contributed by atoms with Crippen LogP contribution in [0, 0.1) is 12.8 Å². The number of likely N-dealkylation sites (tertiary alicyclic amines) is 1. The van der Waals surface area contributed by atoms with Crippen molar-refractivity contribution in [2.75, 3.05) is 19.6 Å². The molecule has 2 unspecified atom stereocenters. The van der Waals surface area contributed by atoms with Gasteiger partial charge in [0.05, 0.1) is 11.0 Å². The maximum Gasteiger partial charge on any atom is 0.222 e. The Balaban J connectivity index is 1.33. The van der Waals surface area contributed by atoms with Crippen LogP contribution in [-0.2, 0) is 17.9 Å². The summed E-state index contributed by atoms with van der Waals surface area (Å²) in [4.78, 5) is 20.2. The molecule has 2 heterocycles. The van der Waals surface area contributed by atoms with Gasteiger partial charge in [-0.15, -0.1) is 0 Å². The number of aryl methyl sites for hydroxylation is 2. The molecule has 1 N–H and O–H groups in total. The molecular weight excluding hydrogens is 472 g/mol. The van der Waals surface area contributed by atoms with Crippen LogP contribution in [0.25, 0.3) is 11.0 Å². The molecule has 6 nitrogen and oxygen atoms in total. The second kappa shape index (κ2) is 12.6. The summed E-state index contributed by atoms with van der Waals surface area (Å²) in [7, 11) is 0. The smallest absolute Gasteiger partial charge is 0.222 e. The lowest BCUT2D eigenvalue weighted by Gasteiger charge is -2.33. The van der Waals surface area contributed by atoms with Crippen LogP contribution in [0.1, 0.15) is 57.3 Å². The second-order valence-electron chi connectivity index (χ2n) is 10.1. The van der Waals surface area contributed by atoms with Gasteiger partial charge in [0, 0.05) is 36.6 Å². The van der Waals surface area contributed by atoms with Gasteiger partial charge in [-0.1, -0.05) is 37.1 Å². The Labute approximate surface area is 220 Å². The molecule has 4 rings (SSSR count). The van der Waals surface area contributed by atoms with E-state index >= 15 is 0 Å². The number of nitrogens with one attached hydrogen (secondary N) is 1. The van der Waals surface area contributed by atoms with E-state index in [-0.39, 0.29) is 11.8 Å². The summed E-state index contributed by atoms with van der Waals surface area (Å²) < 4.78 is 8.20. The summed E-state index contributed by atoms with van der Waals surface area (Å²) in [5, 5.41) is 3.83. The average molecular weight is 511 g/mol. The number of imidazole rings is 1. The van der Waals surface area contributed by atoms with Crippen molar-refractivity contribution in [1.29, 1.82) is 0 Å². The number of nitrogens with zero attached hydrogens (tertiary/aromatic N) is 3. The van der Waals surface area contributed by atoms with Crippen LogP contribution in [0.5, 0.6) is 5.75 Å². The lowest BCUT2D eigenvalue weighted by Crippen LogP contribution is -2.39. The Morgan fingerprint density at radius 2 is 2.00 bits per heavy atom. The highest BCUT2D eigenvalue weighted by Crippen LogP contribution is 2.23. The maximum atomic E-state index is 12.8. The molecule has 0 spiro atoms. The first-order chi connectivity index (χ1) is 17.4. The molecule has 0 saturated carbocycles. The largest absolute Gasteiger partial charge is 0.486 e. The molecule has 0 radical (unpaired) electrons. The molecule has 0 bridgehead atoms. The normalized spacial score (nSPS) is 17.3. The molecule has 3 aromatic rings. The molecule has 2 atom stereocenters. The summed E-state index contributed by atoms with van der Waals surface area (Å²) in [5.74, 6) is 1.66. The van der Waals surface area contributed by atoms with E-state index in [0.29, 0.717) is 24.2 Å². The van der Waals surface area contributed by atoms with Crippen molar-refractivity contribution >= 4 is 28.5 Å². The zero-order valence-corrected chi connectivity index (χ0v) is 22.6. The number of hydrogen-bond acceptors (Lipinski definition) is 4. The highest BCUT2D eigenvalue weighted by atomic mass is 35.5. The molecule has 0 aliphatic carbocycles. The number of amides is 1.